The molecule has 25 heteroatoms. The van der Waals surface area contributed by atoms with Crippen molar-refractivity contribution in [3.63, 3.8) is 0 Å². The van der Waals surface area contributed by atoms with Crippen molar-refractivity contribution in [3.05, 3.63) is 118 Å². The van der Waals surface area contributed by atoms with Crippen LogP contribution in [0.3, 0.4) is 0 Å². The Kier molecular flexibility index (Phi) is 31.3. The molecule has 0 aliphatic heterocycles. The van der Waals surface area contributed by atoms with Gasteiger partial charge in [-0.1, -0.05) is 96.0 Å². The summed E-state index contributed by atoms with van der Waals surface area (Å²) in [6, 6.07) is 25.6. The quantitative estimate of drug-likeness (QED) is 0.0435. The average molecular weight is 1260 g/mol. The molecule has 0 saturated carbocycles. The summed E-state index contributed by atoms with van der Waals surface area (Å²) in [5, 5.41) is 14.9. The minimum Gasteiger partial charge on any atom is -0.480 e. The van der Waals surface area contributed by atoms with Crippen molar-refractivity contribution >= 4 is 77.0 Å². The zero-order valence-corrected chi connectivity index (χ0v) is 52.5. The topological polar surface area (TPSA) is 260 Å². The predicted octanol–water partition coefficient (Wildman–Crippen LogP) is 11.0. The van der Waals surface area contributed by atoms with Crippen molar-refractivity contribution in [2.24, 2.45) is 0 Å². The van der Waals surface area contributed by atoms with Crippen molar-refractivity contribution < 1.29 is 89.8 Å². The Hall–Kier alpha value is -7.92. The highest BCUT2D eigenvalue weighted by Crippen LogP contribution is 2.26. The van der Waals surface area contributed by atoms with Gasteiger partial charge in [0.25, 0.3) is 0 Å². The zero-order chi connectivity index (χ0) is 65.8. The van der Waals surface area contributed by atoms with Gasteiger partial charge in [0.05, 0.1) is 39.3 Å². The maximum atomic E-state index is 13.3. The van der Waals surface area contributed by atoms with E-state index in [1.165, 1.54) is 13.8 Å². The Morgan fingerprint density at radius 2 is 0.851 bits per heavy atom. The highest BCUT2D eigenvalue weighted by Gasteiger charge is 2.40. The van der Waals surface area contributed by atoms with Crippen molar-refractivity contribution in [1.82, 2.24) is 20.4 Å². The highest BCUT2D eigenvalue weighted by atomic mass is 35.5. The van der Waals surface area contributed by atoms with E-state index in [1.807, 2.05) is 59.9 Å². The number of nitrogens with zero attached hydrogens (tertiary/aromatic N) is 2. The molecule has 0 bridgehead atoms. The maximum absolute atomic E-state index is 13.3. The van der Waals surface area contributed by atoms with Crippen LogP contribution < -0.4 is 10.6 Å². The largest absolute Gasteiger partial charge is 0.480 e. The van der Waals surface area contributed by atoms with Crippen LogP contribution in [0.15, 0.2) is 97.1 Å². The molecule has 20 nitrogen and oxygen atoms in total. The number of carboxylic acids is 1. The summed E-state index contributed by atoms with van der Waals surface area (Å²) >= 11 is 12.1. The van der Waals surface area contributed by atoms with Gasteiger partial charge in [-0.3, -0.25) is 38.6 Å². The zero-order valence-electron chi connectivity index (χ0n) is 51.0. The van der Waals surface area contributed by atoms with Gasteiger partial charge in [-0.2, -0.15) is 13.2 Å². The molecule has 0 spiro atoms. The Labute approximate surface area is 515 Å². The van der Waals surface area contributed by atoms with E-state index >= 15 is 0 Å². The van der Waals surface area contributed by atoms with Crippen molar-refractivity contribution in [1.29, 1.82) is 0 Å². The maximum Gasteiger partial charge on any atom is 0.471 e. The molecule has 0 heterocycles. The number of aliphatic carboxylic acids is 1. The smallest absolute Gasteiger partial charge is 0.471 e. The summed E-state index contributed by atoms with van der Waals surface area (Å²) in [6.07, 6.45) is -6.77. The number of halogens is 5. The Morgan fingerprint density at radius 1 is 0.506 bits per heavy atom. The van der Waals surface area contributed by atoms with Crippen LogP contribution in [0, 0.1) is 0 Å². The molecule has 3 N–H and O–H groups in total. The summed E-state index contributed by atoms with van der Waals surface area (Å²) in [4.78, 5) is 110. The van der Waals surface area contributed by atoms with Gasteiger partial charge < -0.3 is 44.2 Å². The summed E-state index contributed by atoms with van der Waals surface area (Å²) in [5.41, 5.74) is 3.64. The lowest BCUT2D eigenvalue weighted by Crippen LogP contribution is -2.53. The highest BCUT2D eigenvalue weighted by molar-refractivity contribution is 6.31. The average Bonchev–Trinajstić information content (AvgIpc) is 3.20. The van der Waals surface area contributed by atoms with Crippen LogP contribution in [0.5, 0.6) is 0 Å². The van der Waals surface area contributed by atoms with Gasteiger partial charge in [0.1, 0.15) is 36.4 Å². The number of amides is 4. The third-order valence-corrected chi connectivity index (χ3v) is 12.2. The first kappa shape index (κ1) is 75.2. The Bertz CT molecular complexity index is 2920. The molecule has 4 amide bonds. The molecule has 2 unspecified atom stereocenters. The molecule has 0 saturated heterocycles. The van der Waals surface area contributed by atoms with Crippen LogP contribution in [0.4, 0.5) is 22.8 Å². The van der Waals surface area contributed by atoms with E-state index in [2.05, 4.69) is 5.32 Å². The van der Waals surface area contributed by atoms with E-state index in [9.17, 15) is 56.3 Å². The number of nitrogens with one attached hydrogen (secondary N) is 2. The van der Waals surface area contributed by atoms with Crippen molar-refractivity contribution in [3.8, 4) is 22.3 Å². The molecule has 0 aromatic heterocycles. The SMILES string of the molecule is CCOC(=O)CN(C(=O)OC(C)(C)C)C(C)C(=O)O.CCOC(=O)C[C@@H](Cc1ccc(-c2cccc(Cl)c2)cc1)NC(=O)C(C)N(CC(=O)OCC)C(=O)OC(C)(C)C.CCOC(=O)C[C@@H](Cc1ccc(-c2cccc(Cl)c2)cc1)NC(=O)C(F)(F)F. The summed E-state index contributed by atoms with van der Waals surface area (Å²) in [7, 11) is 0. The van der Waals surface area contributed by atoms with E-state index in [0.29, 0.717) is 22.0 Å². The number of alkyl halides is 3. The minimum absolute atomic E-state index is 0.0520. The lowest BCUT2D eigenvalue weighted by Gasteiger charge is -2.31. The lowest BCUT2D eigenvalue weighted by molar-refractivity contribution is -0.174. The van der Waals surface area contributed by atoms with E-state index in [4.69, 9.17) is 56.7 Å². The second-order valence-electron chi connectivity index (χ2n) is 21.2. The number of carbonyl (C=O) groups is 9. The Balaban J connectivity index is 0.000000478. The van der Waals surface area contributed by atoms with Crippen LogP contribution in [-0.2, 0) is 74.8 Å². The molecular weight excluding hydrogens is 1180 g/mol. The van der Waals surface area contributed by atoms with Crippen molar-refractivity contribution in [2.75, 3.05) is 39.5 Å². The summed E-state index contributed by atoms with van der Waals surface area (Å²) < 4.78 is 67.8. The van der Waals surface area contributed by atoms with Crippen molar-refractivity contribution in [2.45, 2.75) is 150 Å². The van der Waals surface area contributed by atoms with Gasteiger partial charge in [-0.05, 0) is 154 Å². The van der Waals surface area contributed by atoms with E-state index in [0.717, 1.165) is 37.6 Å². The number of carboxylic acid groups (broad SMARTS) is 1. The molecule has 4 atom stereocenters. The standard InChI is InChI=1S/C30H39ClN2O7.C20H19ClF3NO3.C12H21NO6/c1-7-38-26(34)18-25(16-21-12-14-22(15-13-21)23-10-9-11-24(31)17-23)32-28(36)20(3)33(19-27(35)39-8-2)29(37)40-30(4,5)6;1-2-28-18(26)12-17(25-19(27)20(22,23)24)10-13-6-8-14(9-7-13)15-4-3-5-16(21)11-15;1-6-18-9(14)7-13(8(2)10(15)16)11(17)19-12(3,4)5/h9-15,17,20,25H,7-8,16,18-19H2,1-6H3,(H,32,36);3-9,11,17H,2,10,12H2,1H3,(H,25,27);8H,6-7H2,1-5H3,(H,15,16)/t20?,25-;17-;/m11./s1. The van der Waals surface area contributed by atoms with Crippen LogP contribution in [0.2, 0.25) is 10.0 Å². The first-order valence-electron chi connectivity index (χ1n) is 27.8. The number of benzene rings is 4. The second kappa shape index (κ2) is 36.3. The lowest BCUT2D eigenvalue weighted by atomic mass is 9.99. The third kappa shape index (κ3) is 29.4. The van der Waals surface area contributed by atoms with Crippen LogP contribution >= 0.6 is 23.2 Å². The first-order chi connectivity index (χ1) is 40.6. The van der Waals surface area contributed by atoms with Gasteiger partial charge in [0.2, 0.25) is 5.91 Å². The molecule has 0 aliphatic carbocycles. The van der Waals surface area contributed by atoms with Gasteiger partial charge >= 0.3 is 54.1 Å². The monoisotopic (exact) mass is 1260 g/mol. The van der Waals surface area contributed by atoms with E-state index < -0.39 is 108 Å². The van der Waals surface area contributed by atoms with Gasteiger partial charge in [-0.15, -0.1) is 0 Å². The number of hydrogen-bond acceptors (Lipinski definition) is 15. The molecule has 0 aliphatic rings. The molecule has 0 radical (unpaired) electrons. The fraction of sp³-hybridized carbons (Fsp3) is 0.468. The molecule has 478 valence electrons. The fourth-order valence-corrected chi connectivity index (χ4v) is 8.06. The third-order valence-electron chi connectivity index (χ3n) is 11.7. The molecule has 87 heavy (non-hydrogen) atoms. The molecule has 4 aromatic rings. The number of rotatable bonds is 24. The van der Waals surface area contributed by atoms with Crippen LogP contribution in [0.25, 0.3) is 22.3 Å². The second-order valence-corrected chi connectivity index (χ2v) is 22.1. The molecule has 4 rings (SSSR count). The minimum atomic E-state index is -5.02. The first-order valence-corrected chi connectivity index (χ1v) is 28.6. The number of ether oxygens (including phenoxy) is 6. The van der Waals surface area contributed by atoms with Gasteiger partial charge in [0, 0.05) is 22.1 Å². The number of esters is 4. The van der Waals surface area contributed by atoms with Gasteiger partial charge in [0.15, 0.2) is 0 Å². The Morgan fingerprint density at radius 3 is 1.17 bits per heavy atom. The molecule has 4 aromatic carbocycles. The number of hydrogen-bond donors (Lipinski definition) is 3. The van der Waals surface area contributed by atoms with E-state index in [-0.39, 0.29) is 45.7 Å². The predicted molar refractivity (Wildman–Crippen MR) is 319 cm³/mol. The van der Waals surface area contributed by atoms with Crippen LogP contribution in [-0.4, -0.2) is 150 Å². The molecular formula is C62H79Cl2F3N4O16. The fourth-order valence-electron chi connectivity index (χ4n) is 7.68. The summed E-state index contributed by atoms with van der Waals surface area (Å²) in [5.74, 6) is -6.36. The van der Waals surface area contributed by atoms with E-state index in [1.54, 1.807) is 112 Å². The summed E-state index contributed by atoms with van der Waals surface area (Å²) in [6.45, 7) is 19.0. The molecule has 0 fully saturated rings. The van der Waals surface area contributed by atoms with Crippen LogP contribution in [0.1, 0.15) is 107 Å². The number of carbonyl (C=O) groups excluding carboxylic acids is 8. The normalized spacial score (nSPS) is 12.5. The van der Waals surface area contributed by atoms with Gasteiger partial charge in [-0.25, -0.2) is 14.4 Å².